The van der Waals surface area contributed by atoms with Gasteiger partial charge in [0.25, 0.3) is 0 Å². The molecule has 1 amide bonds. The molecule has 120 valence electrons. The highest BCUT2D eigenvalue weighted by Gasteiger charge is 2.37. The number of amides is 1. The Morgan fingerprint density at radius 2 is 1.86 bits per heavy atom. The maximum Gasteiger partial charge on any atom is 0.223 e. The number of likely N-dealkylation sites (N-methyl/N-ethyl adjacent to an activating group) is 1. The molecule has 0 unspecified atom stereocenters. The molecule has 1 aromatic carbocycles. The summed E-state index contributed by atoms with van der Waals surface area (Å²) in [5.74, 6) is 0.353. The van der Waals surface area contributed by atoms with E-state index in [1.807, 2.05) is 0 Å². The van der Waals surface area contributed by atoms with E-state index in [2.05, 4.69) is 48.0 Å². The first kappa shape index (κ1) is 15.5. The number of benzene rings is 1. The molecule has 2 saturated heterocycles. The zero-order valence-electron chi connectivity index (χ0n) is 13.9. The van der Waals surface area contributed by atoms with Crippen molar-refractivity contribution in [2.45, 2.75) is 57.5 Å². The molecule has 3 heteroatoms. The smallest absolute Gasteiger partial charge is 0.223 e. The van der Waals surface area contributed by atoms with Crippen molar-refractivity contribution in [1.82, 2.24) is 9.80 Å². The minimum atomic E-state index is 0.353. The highest BCUT2D eigenvalue weighted by atomic mass is 16.2. The van der Waals surface area contributed by atoms with Gasteiger partial charge in [-0.15, -0.1) is 0 Å². The van der Waals surface area contributed by atoms with E-state index in [1.54, 1.807) is 0 Å². The van der Waals surface area contributed by atoms with E-state index >= 15 is 0 Å². The first-order chi connectivity index (χ1) is 10.7. The van der Waals surface area contributed by atoms with Gasteiger partial charge in [-0.1, -0.05) is 24.3 Å². The van der Waals surface area contributed by atoms with Crippen molar-refractivity contribution in [3.05, 3.63) is 35.4 Å². The van der Waals surface area contributed by atoms with Gasteiger partial charge in [-0.05, 0) is 63.7 Å². The van der Waals surface area contributed by atoms with E-state index in [1.165, 1.54) is 43.4 Å². The Bertz CT molecular complexity index is 528. The Morgan fingerprint density at radius 1 is 1.14 bits per heavy atom. The summed E-state index contributed by atoms with van der Waals surface area (Å²) in [5.41, 5.74) is 2.60. The molecule has 0 saturated carbocycles. The first-order valence-electron chi connectivity index (χ1n) is 8.71. The third-order valence-corrected chi connectivity index (χ3v) is 5.51. The lowest BCUT2D eigenvalue weighted by Gasteiger charge is -2.33. The number of carbonyl (C=O) groups excluding carboxylic acids is 1. The lowest BCUT2D eigenvalue weighted by Crippen LogP contribution is -2.47. The Labute approximate surface area is 134 Å². The second kappa shape index (κ2) is 6.82. The van der Waals surface area contributed by atoms with Crippen LogP contribution in [0.25, 0.3) is 0 Å². The molecule has 22 heavy (non-hydrogen) atoms. The van der Waals surface area contributed by atoms with Crippen LogP contribution in [0.1, 0.15) is 43.2 Å². The number of hydrogen-bond donors (Lipinski definition) is 0. The fraction of sp³-hybridized carbons (Fsp3) is 0.632. The van der Waals surface area contributed by atoms with Crippen molar-refractivity contribution in [1.29, 1.82) is 0 Å². The summed E-state index contributed by atoms with van der Waals surface area (Å²) in [4.78, 5) is 17.4. The maximum absolute atomic E-state index is 12.7. The molecule has 0 aliphatic carbocycles. The number of carbonyl (C=O) groups is 1. The average Bonchev–Trinajstić information content (AvgIpc) is 3.14. The fourth-order valence-corrected chi connectivity index (χ4v) is 4.20. The van der Waals surface area contributed by atoms with Crippen molar-refractivity contribution in [3.63, 3.8) is 0 Å². The van der Waals surface area contributed by atoms with Crippen LogP contribution in [0, 0.1) is 6.92 Å². The van der Waals surface area contributed by atoms with Crippen molar-refractivity contribution >= 4 is 5.91 Å². The van der Waals surface area contributed by atoms with Crippen LogP contribution in [0.3, 0.4) is 0 Å². The summed E-state index contributed by atoms with van der Waals surface area (Å²) in [7, 11) is 2.21. The highest BCUT2D eigenvalue weighted by molar-refractivity contribution is 5.77. The Kier molecular flexibility index (Phi) is 4.82. The molecule has 3 nitrogen and oxygen atoms in total. The summed E-state index contributed by atoms with van der Waals surface area (Å²) in [6, 6.07) is 9.45. The lowest BCUT2D eigenvalue weighted by atomic mass is 10.0. The Hall–Kier alpha value is -1.35. The van der Waals surface area contributed by atoms with E-state index in [0.717, 1.165) is 13.0 Å². The van der Waals surface area contributed by atoms with E-state index in [4.69, 9.17) is 0 Å². The number of rotatable bonds is 4. The normalized spacial score (nSPS) is 25.8. The van der Waals surface area contributed by atoms with Crippen LogP contribution < -0.4 is 0 Å². The van der Waals surface area contributed by atoms with Crippen LogP contribution in [-0.2, 0) is 11.2 Å². The summed E-state index contributed by atoms with van der Waals surface area (Å²) in [6.45, 7) is 4.28. The number of aryl methyl sites for hydroxylation is 2. The SMILES string of the molecule is Cc1ccccc1CCC(=O)N1CCC[C@H]1[C@@H]1CCCN1C. The van der Waals surface area contributed by atoms with Crippen molar-refractivity contribution in [2.24, 2.45) is 0 Å². The molecule has 2 aliphatic heterocycles. The van der Waals surface area contributed by atoms with E-state index < -0.39 is 0 Å². The predicted octanol–water partition coefficient (Wildman–Crippen LogP) is 3.01. The van der Waals surface area contributed by atoms with E-state index in [9.17, 15) is 4.79 Å². The third-order valence-electron chi connectivity index (χ3n) is 5.51. The summed E-state index contributed by atoms with van der Waals surface area (Å²) in [6.07, 6.45) is 6.41. The molecule has 2 atom stereocenters. The molecule has 2 aliphatic rings. The van der Waals surface area contributed by atoms with Gasteiger partial charge in [0.2, 0.25) is 5.91 Å². The van der Waals surface area contributed by atoms with Gasteiger partial charge < -0.3 is 9.80 Å². The average molecular weight is 300 g/mol. The van der Waals surface area contributed by atoms with Crippen molar-refractivity contribution in [3.8, 4) is 0 Å². The van der Waals surface area contributed by atoms with Crippen LogP contribution >= 0.6 is 0 Å². The zero-order valence-corrected chi connectivity index (χ0v) is 13.9. The summed E-state index contributed by atoms with van der Waals surface area (Å²) in [5, 5.41) is 0. The van der Waals surface area contributed by atoms with Crippen molar-refractivity contribution in [2.75, 3.05) is 20.1 Å². The molecular formula is C19H28N2O. The summed E-state index contributed by atoms with van der Waals surface area (Å²) >= 11 is 0. The standard InChI is InChI=1S/C19H28N2O/c1-15-7-3-4-8-16(15)11-12-19(22)21-14-6-10-18(21)17-9-5-13-20(17)2/h3-4,7-8,17-18H,5-6,9-14H2,1-2H3/t17-,18-/m0/s1. The largest absolute Gasteiger partial charge is 0.338 e. The maximum atomic E-state index is 12.7. The summed E-state index contributed by atoms with van der Waals surface area (Å²) < 4.78 is 0. The topological polar surface area (TPSA) is 23.6 Å². The minimum absolute atomic E-state index is 0.353. The second-order valence-electron chi connectivity index (χ2n) is 6.91. The van der Waals surface area contributed by atoms with Crippen molar-refractivity contribution < 1.29 is 4.79 Å². The van der Waals surface area contributed by atoms with Gasteiger partial charge >= 0.3 is 0 Å². The second-order valence-corrected chi connectivity index (χ2v) is 6.91. The quantitative estimate of drug-likeness (QED) is 0.853. The van der Waals surface area contributed by atoms with Crippen LogP contribution in [0.5, 0.6) is 0 Å². The van der Waals surface area contributed by atoms with Crippen LogP contribution in [0.2, 0.25) is 0 Å². The van der Waals surface area contributed by atoms with E-state index in [-0.39, 0.29) is 0 Å². The van der Waals surface area contributed by atoms with Gasteiger partial charge in [0.1, 0.15) is 0 Å². The molecule has 0 radical (unpaired) electrons. The minimum Gasteiger partial charge on any atom is -0.338 e. The zero-order chi connectivity index (χ0) is 15.5. The fourth-order valence-electron chi connectivity index (χ4n) is 4.20. The number of hydrogen-bond acceptors (Lipinski definition) is 2. The lowest BCUT2D eigenvalue weighted by molar-refractivity contribution is -0.132. The molecule has 0 aromatic heterocycles. The molecule has 3 rings (SSSR count). The number of likely N-dealkylation sites (tertiary alicyclic amines) is 2. The molecule has 0 bridgehead atoms. The van der Waals surface area contributed by atoms with Gasteiger partial charge in [0.05, 0.1) is 0 Å². The van der Waals surface area contributed by atoms with Gasteiger partial charge in [-0.3, -0.25) is 4.79 Å². The first-order valence-corrected chi connectivity index (χ1v) is 8.71. The van der Waals surface area contributed by atoms with Gasteiger partial charge in [0.15, 0.2) is 0 Å². The Balaban J connectivity index is 1.60. The van der Waals surface area contributed by atoms with Crippen LogP contribution in [0.4, 0.5) is 0 Å². The molecule has 2 heterocycles. The highest BCUT2D eigenvalue weighted by Crippen LogP contribution is 2.29. The molecule has 0 spiro atoms. The van der Waals surface area contributed by atoms with E-state index in [0.29, 0.717) is 24.4 Å². The third kappa shape index (κ3) is 3.19. The number of nitrogens with zero attached hydrogens (tertiary/aromatic N) is 2. The van der Waals surface area contributed by atoms with Gasteiger partial charge in [-0.2, -0.15) is 0 Å². The molecule has 1 aromatic rings. The Morgan fingerprint density at radius 3 is 2.59 bits per heavy atom. The van der Waals surface area contributed by atoms with Crippen LogP contribution in [-0.4, -0.2) is 47.9 Å². The van der Waals surface area contributed by atoms with Gasteiger partial charge in [-0.25, -0.2) is 0 Å². The predicted molar refractivity (Wildman–Crippen MR) is 89.9 cm³/mol. The van der Waals surface area contributed by atoms with Crippen LogP contribution in [0.15, 0.2) is 24.3 Å². The van der Waals surface area contributed by atoms with Gasteiger partial charge in [0, 0.05) is 25.0 Å². The monoisotopic (exact) mass is 300 g/mol. The molecule has 0 N–H and O–H groups in total. The molecule has 2 fully saturated rings. The molecular weight excluding hydrogens is 272 g/mol.